The van der Waals surface area contributed by atoms with Crippen LogP contribution in [0.4, 0.5) is 0 Å². The number of aromatic nitrogens is 2. The first kappa shape index (κ1) is 9.30. The third kappa shape index (κ3) is 1.66. The summed E-state index contributed by atoms with van der Waals surface area (Å²) in [5.41, 5.74) is 6.84. The molecule has 14 heavy (non-hydrogen) atoms. The Morgan fingerprint density at radius 1 is 1.57 bits per heavy atom. The van der Waals surface area contributed by atoms with Crippen molar-refractivity contribution in [2.75, 3.05) is 0 Å². The van der Waals surface area contributed by atoms with Gasteiger partial charge in [-0.2, -0.15) is 5.10 Å². The Kier molecular flexibility index (Phi) is 2.31. The van der Waals surface area contributed by atoms with Gasteiger partial charge in [0.2, 0.25) is 0 Å². The summed E-state index contributed by atoms with van der Waals surface area (Å²) in [6, 6.07) is 3.13. The average molecular weight is 212 g/mol. The van der Waals surface area contributed by atoms with Gasteiger partial charge in [-0.25, -0.2) is 0 Å². The predicted molar refractivity (Wildman–Crippen MR) is 53.0 cm³/mol. The van der Waals surface area contributed by atoms with E-state index in [0.717, 1.165) is 5.56 Å². The summed E-state index contributed by atoms with van der Waals surface area (Å²) in [5, 5.41) is 4.38. The van der Waals surface area contributed by atoms with Crippen molar-refractivity contribution in [1.82, 2.24) is 9.78 Å². The van der Waals surface area contributed by atoms with Crippen molar-refractivity contribution in [3.8, 4) is 0 Å². The van der Waals surface area contributed by atoms with E-state index in [4.69, 9.17) is 21.8 Å². The minimum atomic E-state index is -0.309. The van der Waals surface area contributed by atoms with Crippen LogP contribution in [0, 0.1) is 0 Å². The number of hydrogen-bond donors (Lipinski definition) is 1. The normalized spacial score (nSPS) is 13.1. The van der Waals surface area contributed by atoms with Crippen molar-refractivity contribution in [2.45, 2.75) is 6.04 Å². The molecule has 0 aliphatic heterocycles. The molecule has 0 radical (unpaired) electrons. The number of aryl methyl sites for hydroxylation is 1. The van der Waals surface area contributed by atoms with Crippen molar-refractivity contribution < 1.29 is 4.42 Å². The van der Waals surface area contributed by atoms with Crippen LogP contribution in [0.5, 0.6) is 0 Å². The summed E-state index contributed by atoms with van der Waals surface area (Å²) < 4.78 is 6.91. The van der Waals surface area contributed by atoms with E-state index in [2.05, 4.69) is 5.10 Å². The van der Waals surface area contributed by atoms with E-state index in [9.17, 15) is 0 Å². The molecule has 2 aromatic rings. The predicted octanol–water partition coefficient (Wildman–Crippen LogP) is 1.71. The molecular formula is C9H10ClN3O. The minimum absolute atomic E-state index is 0.309. The quantitative estimate of drug-likeness (QED) is 0.823. The maximum absolute atomic E-state index is 5.94. The third-order valence-electron chi connectivity index (χ3n) is 1.98. The van der Waals surface area contributed by atoms with Gasteiger partial charge in [0.15, 0.2) is 5.22 Å². The average Bonchev–Trinajstić information content (AvgIpc) is 2.73. The van der Waals surface area contributed by atoms with Crippen LogP contribution >= 0.6 is 11.6 Å². The van der Waals surface area contributed by atoms with E-state index >= 15 is 0 Å². The van der Waals surface area contributed by atoms with E-state index in [1.54, 1.807) is 23.0 Å². The lowest BCUT2D eigenvalue weighted by Crippen LogP contribution is -2.09. The van der Waals surface area contributed by atoms with Crippen LogP contribution in [-0.4, -0.2) is 9.78 Å². The Morgan fingerprint density at radius 2 is 2.36 bits per heavy atom. The first-order valence-electron chi connectivity index (χ1n) is 4.16. The molecule has 2 N–H and O–H groups in total. The molecule has 2 heterocycles. The van der Waals surface area contributed by atoms with Gasteiger partial charge in [-0.3, -0.25) is 4.68 Å². The number of nitrogens with two attached hydrogens (primary N) is 1. The highest BCUT2D eigenvalue weighted by Gasteiger charge is 2.14. The van der Waals surface area contributed by atoms with Crippen LogP contribution in [0.1, 0.15) is 17.4 Å². The van der Waals surface area contributed by atoms with E-state index in [-0.39, 0.29) is 6.04 Å². The van der Waals surface area contributed by atoms with Gasteiger partial charge in [-0.15, -0.1) is 0 Å². The van der Waals surface area contributed by atoms with Crippen molar-refractivity contribution in [2.24, 2.45) is 12.8 Å². The first-order chi connectivity index (χ1) is 6.66. The van der Waals surface area contributed by atoms with E-state index < -0.39 is 0 Å². The maximum Gasteiger partial charge on any atom is 0.193 e. The zero-order valence-corrected chi connectivity index (χ0v) is 8.40. The molecule has 0 aromatic carbocycles. The van der Waals surface area contributed by atoms with Crippen molar-refractivity contribution >= 4 is 11.6 Å². The van der Waals surface area contributed by atoms with Gasteiger partial charge in [0.1, 0.15) is 5.76 Å². The fraction of sp³-hybridized carbons (Fsp3) is 0.222. The minimum Gasteiger partial charge on any atom is -0.448 e. The second-order valence-corrected chi connectivity index (χ2v) is 3.44. The SMILES string of the molecule is Cn1cc(C(N)c2ccc(Cl)o2)cn1. The molecule has 2 rings (SSSR count). The Hall–Kier alpha value is -1.26. The van der Waals surface area contributed by atoms with Crippen LogP contribution in [0.2, 0.25) is 5.22 Å². The summed E-state index contributed by atoms with van der Waals surface area (Å²) in [4.78, 5) is 0. The van der Waals surface area contributed by atoms with Gasteiger partial charge in [-0.05, 0) is 23.7 Å². The Morgan fingerprint density at radius 3 is 2.86 bits per heavy atom. The molecule has 1 unspecified atom stereocenters. The standard InChI is InChI=1S/C9H10ClN3O/c1-13-5-6(4-12-13)9(11)7-2-3-8(10)14-7/h2-5,9H,11H2,1H3. The van der Waals surface area contributed by atoms with Gasteiger partial charge in [0, 0.05) is 18.8 Å². The fourth-order valence-electron chi connectivity index (χ4n) is 1.26. The van der Waals surface area contributed by atoms with Gasteiger partial charge < -0.3 is 10.2 Å². The van der Waals surface area contributed by atoms with Crippen molar-refractivity contribution in [1.29, 1.82) is 0 Å². The highest BCUT2D eigenvalue weighted by atomic mass is 35.5. The smallest absolute Gasteiger partial charge is 0.193 e. The van der Waals surface area contributed by atoms with Crippen LogP contribution in [0.15, 0.2) is 28.9 Å². The number of halogens is 1. The number of rotatable bonds is 2. The summed E-state index contributed by atoms with van der Waals surface area (Å²) in [6.45, 7) is 0. The highest BCUT2D eigenvalue weighted by Crippen LogP contribution is 2.23. The summed E-state index contributed by atoms with van der Waals surface area (Å²) in [5.74, 6) is 0.642. The molecule has 0 saturated carbocycles. The Bertz CT molecular complexity index is 394. The van der Waals surface area contributed by atoms with Gasteiger partial charge in [0.25, 0.3) is 0 Å². The summed E-state index contributed by atoms with van der Waals surface area (Å²) in [7, 11) is 1.84. The van der Waals surface area contributed by atoms with Crippen LogP contribution < -0.4 is 5.73 Å². The molecule has 5 heteroatoms. The van der Waals surface area contributed by atoms with Crippen LogP contribution in [0.25, 0.3) is 0 Å². The third-order valence-corrected chi connectivity index (χ3v) is 2.19. The molecule has 0 spiro atoms. The zero-order chi connectivity index (χ0) is 10.1. The molecule has 74 valence electrons. The van der Waals surface area contributed by atoms with E-state index in [1.165, 1.54) is 0 Å². The molecule has 0 fully saturated rings. The summed E-state index contributed by atoms with van der Waals surface area (Å²) in [6.07, 6.45) is 3.56. The molecule has 4 nitrogen and oxygen atoms in total. The van der Waals surface area contributed by atoms with Crippen molar-refractivity contribution in [3.05, 3.63) is 41.1 Å². The molecule has 2 aromatic heterocycles. The van der Waals surface area contributed by atoms with Crippen LogP contribution in [0.3, 0.4) is 0 Å². The summed E-state index contributed by atoms with van der Waals surface area (Å²) >= 11 is 5.65. The zero-order valence-electron chi connectivity index (χ0n) is 7.64. The highest BCUT2D eigenvalue weighted by molar-refractivity contribution is 6.28. The lowest BCUT2D eigenvalue weighted by Gasteiger charge is -2.04. The van der Waals surface area contributed by atoms with Crippen LogP contribution in [-0.2, 0) is 7.05 Å². The van der Waals surface area contributed by atoms with Gasteiger partial charge in [-0.1, -0.05) is 0 Å². The Balaban J connectivity index is 2.28. The second-order valence-electron chi connectivity index (χ2n) is 3.07. The molecule has 1 atom stereocenters. The Labute approximate surface area is 86.3 Å². The molecule has 0 aliphatic rings. The molecule has 0 saturated heterocycles. The lowest BCUT2D eigenvalue weighted by molar-refractivity contribution is 0.491. The van der Waals surface area contributed by atoms with E-state index in [0.29, 0.717) is 11.0 Å². The molecule has 0 aliphatic carbocycles. The molecular weight excluding hydrogens is 202 g/mol. The van der Waals surface area contributed by atoms with Gasteiger partial charge in [0.05, 0.1) is 12.2 Å². The lowest BCUT2D eigenvalue weighted by atomic mass is 10.1. The second kappa shape index (κ2) is 3.48. The number of nitrogens with zero attached hydrogens (tertiary/aromatic N) is 2. The largest absolute Gasteiger partial charge is 0.448 e. The topological polar surface area (TPSA) is 57.0 Å². The van der Waals surface area contributed by atoms with Gasteiger partial charge >= 0.3 is 0 Å². The number of hydrogen-bond acceptors (Lipinski definition) is 3. The number of furan rings is 1. The monoisotopic (exact) mass is 211 g/mol. The van der Waals surface area contributed by atoms with Crippen molar-refractivity contribution in [3.63, 3.8) is 0 Å². The fourth-order valence-corrected chi connectivity index (χ4v) is 1.41. The molecule has 0 amide bonds. The molecule has 0 bridgehead atoms. The van der Waals surface area contributed by atoms with E-state index in [1.807, 2.05) is 13.2 Å². The maximum atomic E-state index is 5.94. The first-order valence-corrected chi connectivity index (χ1v) is 4.54.